The van der Waals surface area contributed by atoms with E-state index in [2.05, 4.69) is 0 Å². The van der Waals surface area contributed by atoms with Crippen molar-refractivity contribution in [3.8, 4) is 0 Å². The summed E-state index contributed by atoms with van der Waals surface area (Å²) in [7, 11) is 0. The second kappa shape index (κ2) is 7.02. The number of nitrogens with zero attached hydrogens (tertiary/aromatic N) is 2. The first kappa shape index (κ1) is 15.2. The van der Waals surface area contributed by atoms with E-state index in [9.17, 15) is 14.4 Å². The van der Waals surface area contributed by atoms with Gasteiger partial charge in [0.2, 0.25) is 11.8 Å². The van der Waals surface area contributed by atoms with Gasteiger partial charge in [0.05, 0.1) is 13.1 Å². The molecule has 0 radical (unpaired) electrons. The molecule has 1 fully saturated rings. The van der Waals surface area contributed by atoms with E-state index < -0.39 is 0 Å². The molecule has 112 valence electrons. The lowest BCUT2D eigenvalue weighted by Crippen LogP contribution is -2.54. The molecule has 0 spiro atoms. The zero-order chi connectivity index (χ0) is 15.2. The molecular formula is C16H20N2O3. The van der Waals surface area contributed by atoms with Crippen LogP contribution in [0.15, 0.2) is 30.3 Å². The monoisotopic (exact) mass is 288 g/mol. The molecule has 21 heavy (non-hydrogen) atoms. The smallest absolute Gasteiger partial charge is 0.242 e. The number of carbonyl (C=O) groups excluding carboxylic acids is 3. The first-order valence-electron chi connectivity index (χ1n) is 7.25. The van der Waals surface area contributed by atoms with E-state index in [0.29, 0.717) is 18.7 Å². The van der Waals surface area contributed by atoms with Crippen LogP contribution < -0.4 is 0 Å². The normalized spacial score (nSPS) is 15.5. The molecule has 0 bridgehead atoms. The Kier molecular flexibility index (Phi) is 5.09. The molecule has 2 amide bonds. The van der Waals surface area contributed by atoms with Crippen molar-refractivity contribution in [3.05, 3.63) is 35.9 Å². The van der Waals surface area contributed by atoms with Crippen molar-refractivity contribution in [2.75, 3.05) is 26.2 Å². The van der Waals surface area contributed by atoms with E-state index in [1.54, 1.807) is 17.0 Å². The van der Waals surface area contributed by atoms with Gasteiger partial charge in [0.25, 0.3) is 0 Å². The number of Topliss-reactive ketones (excluding diaryl/α,β-unsaturated/α-hetero) is 1. The zero-order valence-corrected chi connectivity index (χ0v) is 12.2. The number of carbonyl (C=O) groups is 3. The van der Waals surface area contributed by atoms with Crippen LogP contribution in [0.2, 0.25) is 0 Å². The van der Waals surface area contributed by atoms with Gasteiger partial charge in [0.15, 0.2) is 5.78 Å². The summed E-state index contributed by atoms with van der Waals surface area (Å²) in [5.41, 5.74) is 0.640. The summed E-state index contributed by atoms with van der Waals surface area (Å²) in [6, 6.07) is 8.99. The highest BCUT2D eigenvalue weighted by atomic mass is 16.2. The Balaban J connectivity index is 1.88. The third-order valence-electron chi connectivity index (χ3n) is 3.56. The van der Waals surface area contributed by atoms with E-state index in [0.717, 1.165) is 6.42 Å². The van der Waals surface area contributed by atoms with E-state index in [1.807, 2.05) is 25.1 Å². The van der Waals surface area contributed by atoms with Gasteiger partial charge < -0.3 is 9.80 Å². The third-order valence-corrected chi connectivity index (χ3v) is 3.56. The van der Waals surface area contributed by atoms with Crippen molar-refractivity contribution in [1.82, 2.24) is 9.80 Å². The van der Waals surface area contributed by atoms with Crippen molar-refractivity contribution in [2.24, 2.45) is 0 Å². The topological polar surface area (TPSA) is 57.7 Å². The number of ketones is 1. The Bertz CT molecular complexity index is 528. The molecule has 1 saturated heterocycles. The molecular weight excluding hydrogens is 268 g/mol. The maximum Gasteiger partial charge on any atom is 0.242 e. The minimum absolute atomic E-state index is 0.00756. The van der Waals surface area contributed by atoms with Gasteiger partial charge in [-0.25, -0.2) is 0 Å². The average molecular weight is 288 g/mol. The van der Waals surface area contributed by atoms with Crippen LogP contribution in [0.4, 0.5) is 0 Å². The lowest BCUT2D eigenvalue weighted by atomic mass is 10.1. The lowest BCUT2D eigenvalue weighted by molar-refractivity contribution is -0.150. The first-order valence-corrected chi connectivity index (χ1v) is 7.25. The molecule has 5 heteroatoms. The third kappa shape index (κ3) is 3.90. The predicted octanol–water partition coefficient (Wildman–Crippen LogP) is 1.34. The standard InChI is InChI=1S/C16H20N2O3/c1-2-9-17-11-16(21)18(12-15(17)20)10-8-14(19)13-6-4-3-5-7-13/h3-7H,2,8-12H2,1H3. The fourth-order valence-electron chi connectivity index (χ4n) is 2.39. The van der Waals surface area contributed by atoms with Crippen molar-refractivity contribution >= 4 is 17.6 Å². The van der Waals surface area contributed by atoms with Crippen LogP contribution in [-0.2, 0) is 9.59 Å². The highest BCUT2D eigenvalue weighted by molar-refractivity contribution is 5.97. The highest BCUT2D eigenvalue weighted by Crippen LogP contribution is 2.09. The maximum atomic E-state index is 12.0. The molecule has 0 saturated carbocycles. The van der Waals surface area contributed by atoms with E-state index in [-0.39, 0.29) is 37.1 Å². The molecule has 0 atom stereocenters. The van der Waals surface area contributed by atoms with Crippen LogP contribution in [0.25, 0.3) is 0 Å². The van der Waals surface area contributed by atoms with Gasteiger partial charge in [-0.3, -0.25) is 14.4 Å². The fourth-order valence-corrected chi connectivity index (χ4v) is 2.39. The van der Waals surface area contributed by atoms with Crippen molar-refractivity contribution < 1.29 is 14.4 Å². The van der Waals surface area contributed by atoms with Gasteiger partial charge in [0.1, 0.15) is 0 Å². The molecule has 0 aliphatic carbocycles. The van der Waals surface area contributed by atoms with Crippen molar-refractivity contribution in [3.63, 3.8) is 0 Å². The van der Waals surface area contributed by atoms with E-state index in [1.165, 1.54) is 4.90 Å². The summed E-state index contributed by atoms with van der Waals surface area (Å²) in [6.45, 7) is 3.11. The Morgan fingerprint density at radius 2 is 1.57 bits per heavy atom. The second-order valence-corrected chi connectivity index (χ2v) is 5.17. The largest absolute Gasteiger partial charge is 0.332 e. The molecule has 0 N–H and O–H groups in total. The molecule has 1 heterocycles. The van der Waals surface area contributed by atoms with Crippen LogP contribution in [0.3, 0.4) is 0 Å². The second-order valence-electron chi connectivity index (χ2n) is 5.17. The Hall–Kier alpha value is -2.17. The van der Waals surface area contributed by atoms with E-state index in [4.69, 9.17) is 0 Å². The van der Waals surface area contributed by atoms with Crippen molar-refractivity contribution in [2.45, 2.75) is 19.8 Å². The Labute approximate surface area is 124 Å². The number of benzene rings is 1. The van der Waals surface area contributed by atoms with Crippen LogP contribution in [-0.4, -0.2) is 53.6 Å². The predicted molar refractivity (Wildman–Crippen MR) is 78.8 cm³/mol. The molecule has 1 aliphatic heterocycles. The summed E-state index contributed by atoms with van der Waals surface area (Å²) in [6.07, 6.45) is 1.09. The average Bonchev–Trinajstić information content (AvgIpc) is 2.50. The summed E-state index contributed by atoms with van der Waals surface area (Å²) in [5.74, 6) is -0.126. The number of hydrogen-bond donors (Lipinski definition) is 0. The van der Waals surface area contributed by atoms with Crippen LogP contribution in [0.5, 0.6) is 0 Å². The van der Waals surface area contributed by atoms with Crippen LogP contribution in [0, 0.1) is 0 Å². The molecule has 2 rings (SSSR count). The number of amides is 2. The Morgan fingerprint density at radius 1 is 1.00 bits per heavy atom. The highest BCUT2D eigenvalue weighted by Gasteiger charge is 2.29. The first-order chi connectivity index (χ1) is 10.1. The number of piperazine rings is 1. The molecule has 5 nitrogen and oxygen atoms in total. The van der Waals surface area contributed by atoms with E-state index >= 15 is 0 Å². The number of rotatable bonds is 6. The minimum atomic E-state index is -0.0797. The van der Waals surface area contributed by atoms with Gasteiger partial charge >= 0.3 is 0 Å². The van der Waals surface area contributed by atoms with Crippen molar-refractivity contribution in [1.29, 1.82) is 0 Å². The summed E-state index contributed by atoms with van der Waals surface area (Å²) in [5, 5.41) is 0. The molecule has 1 aromatic carbocycles. The fraction of sp³-hybridized carbons (Fsp3) is 0.438. The summed E-state index contributed by atoms with van der Waals surface area (Å²) in [4.78, 5) is 39.0. The molecule has 1 aromatic rings. The number of hydrogen-bond acceptors (Lipinski definition) is 3. The summed E-state index contributed by atoms with van der Waals surface area (Å²) < 4.78 is 0. The quantitative estimate of drug-likeness (QED) is 0.742. The Morgan fingerprint density at radius 3 is 2.14 bits per heavy atom. The zero-order valence-electron chi connectivity index (χ0n) is 12.2. The maximum absolute atomic E-state index is 12.0. The lowest BCUT2D eigenvalue weighted by Gasteiger charge is -2.33. The summed E-state index contributed by atoms with van der Waals surface area (Å²) >= 11 is 0. The van der Waals surface area contributed by atoms with Crippen LogP contribution in [0.1, 0.15) is 30.1 Å². The van der Waals surface area contributed by atoms with Gasteiger partial charge in [-0.05, 0) is 6.42 Å². The van der Waals surface area contributed by atoms with Crippen LogP contribution >= 0.6 is 0 Å². The van der Waals surface area contributed by atoms with Gasteiger partial charge in [-0.15, -0.1) is 0 Å². The molecule has 1 aliphatic rings. The van der Waals surface area contributed by atoms with Gasteiger partial charge in [-0.2, -0.15) is 0 Å². The SMILES string of the molecule is CCCN1CC(=O)N(CCC(=O)c2ccccc2)CC1=O. The van der Waals surface area contributed by atoms with Gasteiger partial charge in [0, 0.05) is 25.1 Å². The molecule has 0 unspecified atom stereocenters. The van der Waals surface area contributed by atoms with Gasteiger partial charge in [-0.1, -0.05) is 37.3 Å². The minimum Gasteiger partial charge on any atom is -0.332 e. The molecule has 0 aromatic heterocycles.